The quantitative estimate of drug-likeness (QED) is 0.770. The topological polar surface area (TPSA) is 73.2 Å². The molecule has 0 aromatic carbocycles. The molecule has 0 spiro atoms. The Morgan fingerprint density at radius 2 is 1.88 bits per heavy atom. The van der Waals surface area contributed by atoms with Crippen molar-refractivity contribution in [1.82, 2.24) is 10.2 Å². The summed E-state index contributed by atoms with van der Waals surface area (Å²) in [5.74, 6) is -1.31. The van der Waals surface area contributed by atoms with Gasteiger partial charge in [0.2, 0.25) is 11.8 Å². The Balaban J connectivity index is 4.49. The Kier molecular flexibility index (Phi) is 6.26. The summed E-state index contributed by atoms with van der Waals surface area (Å²) in [6.07, 6.45) is 0. The molecule has 0 bridgehead atoms. The van der Waals surface area contributed by atoms with Crippen LogP contribution in [0.4, 0.5) is 0 Å². The number of nitriles is 1. The first-order valence-electron chi connectivity index (χ1n) is 5.80. The Hall–Kier alpha value is -1.57. The molecule has 0 aliphatic carbocycles. The van der Waals surface area contributed by atoms with Crippen LogP contribution in [0.5, 0.6) is 0 Å². The van der Waals surface area contributed by atoms with Gasteiger partial charge in [-0.1, -0.05) is 13.8 Å². The molecule has 1 N–H and O–H groups in total. The fourth-order valence-corrected chi connectivity index (χ4v) is 1.36. The molecule has 96 valence electrons. The van der Waals surface area contributed by atoms with Crippen LogP contribution in [-0.4, -0.2) is 36.3 Å². The average Bonchev–Trinajstić information content (AvgIpc) is 2.27. The second kappa shape index (κ2) is 6.89. The molecule has 2 amide bonds. The Bertz CT molecular complexity index is 320. The number of nitrogens with zero attached hydrogens (tertiary/aromatic N) is 2. The van der Waals surface area contributed by atoms with E-state index in [1.807, 2.05) is 13.0 Å². The number of carbonyl (C=O) groups excluding carboxylic acids is 2. The van der Waals surface area contributed by atoms with Crippen LogP contribution in [0.25, 0.3) is 0 Å². The number of likely N-dealkylation sites (N-methyl/N-ethyl adjacent to an activating group) is 1. The lowest BCUT2D eigenvalue weighted by atomic mass is 9.96. The largest absolute Gasteiger partial charge is 0.344 e. The first-order chi connectivity index (χ1) is 7.84. The van der Waals surface area contributed by atoms with E-state index in [9.17, 15) is 9.59 Å². The molecular formula is C12H21N3O2. The maximum atomic E-state index is 11.7. The Morgan fingerprint density at radius 3 is 2.24 bits per heavy atom. The number of amides is 2. The fourth-order valence-electron chi connectivity index (χ4n) is 1.36. The highest BCUT2D eigenvalue weighted by molar-refractivity contribution is 5.89. The maximum absolute atomic E-state index is 11.7. The van der Waals surface area contributed by atoms with Gasteiger partial charge < -0.3 is 10.2 Å². The summed E-state index contributed by atoms with van der Waals surface area (Å²) >= 11 is 0. The van der Waals surface area contributed by atoms with Gasteiger partial charge in [0.25, 0.3) is 0 Å². The zero-order valence-corrected chi connectivity index (χ0v) is 11.2. The second-order valence-electron chi connectivity index (χ2n) is 4.43. The van der Waals surface area contributed by atoms with E-state index >= 15 is 0 Å². The van der Waals surface area contributed by atoms with Crippen molar-refractivity contribution in [2.75, 3.05) is 13.6 Å². The van der Waals surface area contributed by atoms with Crippen LogP contribution in [0.3, 0.4) is 0 Å². The predicted octanol–water partition coefficient (Wildman–Crippen LogP) is 0.765. The van der Waals surface area contributed by atoms with E-state index in [1.165, 1.54) is 4.90 Å². The SMILES string of the molecule is CCN(C)C(=O)C(C)NC(=O)C(C#N)C(C)C. The molecule has 0 radical (unpaired) electrons. The Labute approximate surface area is 103 Å². The van der Waals surface area contributed by atoms with Crippen molar-refractivity contribution in [3.8, 4) is 6.07 Å². The molecule has 5 heteroatoms. The van der Waals surface area contributed by atoms with Gasteiger partial charge in [0.1, 0.15) is 12.0 Å². The van der Waals surface area contributed by atoms with Gasteiger partial charge in [-0.05, 0) is 19.8 Å². The first kappa shape index (κ1) is 15.4. The van der Waals surface area contributed by atoms with Crippen molar-refractivity contribution >= 4 is 11.8 Å². The highest BCUT2D eigenvalue weighted by atomic mass is 16.2. The lowest BCUT2D eigenvalue weighted by Crippen LogP contribution is -2.47. The number of nitrogens with one attached hydrogen (secondary N) is 1. The van der Waals surface area contributed by atoms with Crippen molar-refractivity contribution < 1.29 is 9.59 Å². The Morgan fingerprint density at radius 1 is 1.35 bits per heavy atom. The summed E-state index contributed by atoms with van der Waals surface area (Å²) in [5.41, 5.74) is 0. The monoisotopic (exact) mass is 239 g/mol. The van der Waals surface area contributed by atoms with Crippen LogP contribution in [0.2, 0.25) is 0 Å². The normalized spacial score (nSPS) is 13.7. The third kappa shape index (κ3) is 4.43. The predicted molar refractivity (Wildman–Crippen MR) is 64.9 cm³/mol. The van der Waals surface area contributed by atoms with Gasteiger partial charge in [-0.25, -0.2) is 0 Å². The highest BCUT2D eigenvalue weighted by Crippen LogP contribution is 2.09. The summed E-state index contributed by atoms with van der Waals surface area (Å²) in [5, 5.41) is 11.4. The zero-order chi connectivity index (χ0) is 13.6. The summed E-state index contributed by atoms with van der Waals surface area (Å²) in [6.45, 7) is 7.68. The second-order valence-corrected chi connectivity index (χ2v) is 4.43. The third-order valence-electron chi connectivity index (χ3n) is 2.67. The number of carbonyl (C=O) groups is 2. The molecule has 0 rings (SSSR count). The van der Waals surface area contributed by atoms with Gasteiger partial charge in [-0.15, -0.1) is 0 Å². The van der Waals surface area contributed by atoms with Crippen LogP contribution < -0.4 is 5.32 Å². The molecule has 0 saturated heterocycles. The van der Waals surface area contributed by atoms with Crippen LogP contribution in [0, 0.1) is 23.2 Å². The lowest BCUT2D eigenvalue weighted by molar-refractivity contribution is -0.135. The van der Waals surface area contributed by atoms with E-state index in [-0.39, 0.29) is 17.7 Å². The molecule has 0 aromatic rings. The van der Waals surface area contributed by atoms with E-state index in [0.717, 1.165) is 0 Å². The number of hydrogen-bond donors (Lipinski definition) is 1. The minimum Gasteiger partial charge on any atom is -0.344 e. The van der Waals surface area contributed by atoms with Gasteiger partial charge in [-0.2, -0.15) is 5.26 Å². The molecule has 0 aliphatic heterocycles. The van der Waals surface area contributed by atoms with Gasteiger partial charge >= 0.3 is 0 Å². The summed E-state index contributed by atoms with van der Waals surface area (Å²) in [6, 6.07) is 1.36. The van der Waals surface area contributed by atoms with Crippen molar-refractivity contribution in [3.05, 3.63) is 0 Å². The molecule has 0 aliphatic rings. The van der Waals surface area contributed by atoms with E-state index in [4.69, 9.17) is 5.26 Å². The van der Waals surface area contributed by atoms with Crippen LogP contribution in [-0.2, 0) is 9.59 Å². The van der Waals surface area contributed by atoms with Gasteiger partial charge in [0.15, 0.2) is 0 Å². The molecular weight excluding hydrogens is 218 g/mol. The number of rotatable bonds is 5. The molecule has 17 heavy (non-hydrogen) atoms. The highest BCUT2D eigenvalue weighted by Gasteiger charge is 2.25. The molecule has 0 saturated carbocycles. The van der Waals surface area contributed by atoms with E-state index in [0.29, 0.717) is 6.54 Å². The van der Waals surface area contributed by atoms with Gasteiger partial charge in [-0.3, -0.25) is 9.59 Å². The molecule has 5 nitrogen and oxygen atoms in total. The maximum Gasteiger partial charge on any atom is 0.244 e. The fraction of sp³-hybridized carbons (Fsp3) is 0.750. The van der Waals surface area contributed by atoms with Crippen molar-refractivity contribution in [2.24, 2.45) is 11.8 Å². The van der Waals surface area contributed by atoms with Gasteiger partial charge in [0, 0.05) is 13.6 Å². The minimum atomic E-state index is -0.711. The molecule has 0 aromatic heterocycles. The smallest absolute Gasteiger partial charge is 0.244 e. The van der Waals surface area contributed by atoms with E-state index in [1.54, 1.807) is 27.8 Å². The lowest BCUT2D eigenvalue weighted by Gasteiger charge is -2.22. The van der Waals surface area contributed by atoms with Crippen LogP contribution in [0.15, 0.2) is 0 Å². The average molecular weight is 239 g/mol. The molecule has 2 unspecified atom stereocenters. The number of hydrogen-bond acceptors (Lipinski definition) is 3. The molecule has 0 fully saturated rings. The minimum absolute atomic E-state index is 0.0637. The molecule has 0 heterocycles. The van der Waals surface area contributed by atoms with Crippen molar-refractivity contribution in [2.45, 2.75) is 33.7 Å². The standard InChI is InChI=1S/C12H21N3O2/c1-6-15(5)12(17)9(4)14-11(16)10(7-13)8(2)3/h8-10H,6H2,1-5H3,(H,14,16). The van der Waals surface area contributed by atoms with Crippen molar-refractivity contribution in [3.63, 3.8) is 0 Å². The van der Waals surface area contributed by atoms with Crippen molar-refractivity contribution in [1.29, 1.82) is 5.26 Å². The summed E-state index contributed by atoms with van der Waals surface area (Å²) in [4.78, 5) is 25.0. The van der Waals surface area contributed by atoms with E-state index in [2.05, 4.69) is 5.32 Å². The van der Waals surface area contributed by atoms with Gasteiger partial charge in [0.05, 0.1) is 6.07 Å². The zero-order valence-electron chi connectivity index (χ0n) is 11.2. The van der Waals surface area contributed by atoms with Crippen LogP contribution in [0.1, 0.15) is 27.7 Å². The summed E-state index contributed by atoms with van der Waals surface area (Å²) < 4.78 is 0. The van der Waals surface area contributed by atoms with E-state index < -0.39 is 12.0 Å². The summed E-state index contributed by atoms with van der Waals surface area (Å²) in [7, 11) is 1.68. The first-order valence-corrected chi connectivity index (χ1v) is 5.80. The van der Waals surface area contributed by atoms with Crippen LogP contribution >= 0.6 is 0 Å². The molecule has 2 atom stereocenters. The third-order valence-corrected chi connectivity index (χ3v) is 2.67.